The van der Waals surface area contributed by atoms with Gasteiger partial charge in [-0.25, -0.2) is 14.8 Å². The molecule has 4 fully saturated rings. The molecule has 1 spiro atoms. The Labute approximate surface area is 371 Å². The number of fused-ring (bicyclic) bond motifs is 6. The summed E-state index contributed by atoms with van der Waals surface area (Å²) in [4.78, 5) is 46.8. The van der Waals surface area contributed by atoms with E-state index in [4.69, 9.17) is 19.4 Å². The lowest BCUT2D eigenvalue weighted by Crippen LogP contribution is -2.54. The number of amides is 2. The van der Waals surface area contributed by atoms with Gasteiger partial charge in [0.2, 0.25) is 5.91 Å². The SMILES string of the molecule is C=C(C)[C@@H](NCOC)C(O)N1[C@@H]2CC[C@@H](C2)[C@H]1c1nc2ccc(-c3ccc4c(c3)C(F)(F)c3cc(-c5cnc([C@@H]6CC7(CC7)CN6C(=O)[C@@H](NC(=O)OC)C(C)C)[nH]5)ccc3-4)cc2[nH]1. The number of aromatic amines is 2. The summed E-state index contributed by atoms with van der Waals surface area (Å²) in [5.74, 6) is -1.91. The highest BCUT2D eigenvalue weighted by Crippen LogP contribution is 2.59. The Morgan fingerprint density at radius 1 is 0.969 bits per heavy atom. The Morgan fingerprint density at radius 3 is 2.36 bits per heavy atom. The Morgan fingerprint density at radius 2 is 1.67 bits per heavy atom. The summed E-state index contributed by atoms with van der Waals surface area (Å²) in [5, 5.41) is 17.7. The molecule has 5 aliphatic rings. The molecule has 64 heavy (non-hydrogen) atoms. The van der Waals surface area contributed by atoms with Gasteiger partial charge in [0.25, 0.3) is 5.92 Å². The van der Waals surface area contributed by atoms with Gasteiger partial charge in [0.1, 0.15) is 23.9 Å². The molecule has 3 aliphatic carbocycles. The maximum Gasteiger partial charge on any atom is 0.407 e. The zero-order chi connectivity index (χ0) is 44.8. The first-order chi connectivity index (χ1) is 30.7. The van der Waals surface area contributed by atoms with Crippen molar-refractivity contribution in [2.75, 3.05) is 27.5 Å². The maximum atomic E-state index is 16.7. The summed E-state index contributed by atoms with van der Waals surface area (Å²) in [6.07, 6.45) is 5.96. The van der Waals surface area contributed by atoms with E-state index in [9.17, 15) is 14.7 Å². The predicted octanol–water partition coefficient (Wildman–Crippen LogP) is 8.16. The second-order valence-corrected chi connectivity index (χ2v) is 19.2. The summed E-state index contributed by atoms with van der Waals surface area (Å²) in [6.45, 7) is 10.6. The molecule has 7 atom stereocenters. The number of aliphatic hydroxyl groups is 1. The van der Waals surface area contributed by atoms with E-state index in [2.05, 4.69) is 32.1 Å². The third-order valence-corrected chi connectivity index (χ3v) is 14.7. The van der Waals surface area contributed by atoms with Crippen LogP contribution in [0.3, 0.4) is 0 Å². The average Bonchev–Trinajstić information content (AvgIpc) is 3.94. The number of hydrogen-bond acceptors (Lipinski definition) is 9. The van der Waals surface area contributed by atoms with Crippen LogP contribution in [0.5, 0.6) is 0 Å². The van der Waals surface area contributed by atoms with Crippen molar-refractivity contribution in [3.05, 3.63) is 95.7 Å². The topological polar surface area (TPSA) is 161 Å². The molecule has 2 saturated heterocycles. The molecule has 5 aromatic rings. The highest BCUT2D eigenvalue weighted by atomic mass is 19.3. The van der Waals surface area contributed by atoms with Gasteiger partial charge in [-0.05, 0) is 109 Å². The van der Waals surface area contributed by atoms with E-state index in [-0.39, 0.29) is 59.3 Å². The summed E-state index contributed by atoms with van der Waals surface area (Å²) >= 11 is 0. The lowest BCUT2D eigenvalue weighted by Gasteiger charge is -2.41. The Balaban J connectivity index is 0.896. The summed E-state index contributed by atoms with van der Waals surface area (Å²) in [7, 11) is 2.88. The standard InChI is InChI=1S/C49H56F2N8O5/c1-25(2)40(53-24-63-5)46(61)59-31-11-7-30(17-31)42(59)44-54-36-14-10-28(20-37(36)55-44)27-8-12-32-33-13-9-29(19-35(33)49(50,51)34(32)18-27)38-22-52-43(56-38)39-21-48(15-16-48)23-58(39)45(60)41(26(3)4)57-47(62)64-6/h8-10,12-14,18-20,22,26,30-31,39-42,46,53,61H,1,7,11,15-17,21,23-24H2,2-6H3,(H,52,56)(H,54,55)(H,57,62)/t30-,31+,39-,40+,41-,42-,46?/m0/s1. The lowest BCUT2D eigenvalue weighted by atomic mass is 9.96. The van der Waals surface area contributed by atoms with Crippen LogP contribution in [0.4, 0.5) is 13.6 Å². The number of carbonyl (C=O) groups excluding carboxylic acids is 2. The first kappa shape index (κ1) is 42.5. The number of nitrogens with one attached hydrogen (secondary N) is 4. The maximum absolute atomic E-state index is 16.7. The highest BCUT2D eigenvalue weighted by Gasteiger charge is 2.56. The molecular weight excluding hydrogens is 819 g/mol. The smallest absolute Gasteiger partial charge is 0.407 e. The monoisotopic (exact) mass is 874 g/mol. The summed E-state index contributed by atoms with van der Waals surface area (Å²) in [6, 6.07) is 14.8. The second kappa shape index (κ2) is 15.9. The number of halogens is 2. The molecule has 13 nitrogen and oxygen atoms in total. The number of aromatic nitrogens is 4. The van der Waals surface area contributed by atoms with Crippen LogP contribution in [-0.4, -0.2) is 98.7 Å². The normalized spacial score (nSPS) is 24.0. The number of likely N-dealkylation sites (tertiary alicyclic amines) is 2. The van der Waals surface area contributed by atoms with Gasteiger partial charge in [-0.3, -0.25) is 15.0 Å². The van der Waals surface area contributed by atoms with Gasteiger partial charge in [0.15, 0.2) is 0 Å². The molecule has 5 N–H and O–H groups in total. The molecule has 2 saturated carbocycles. The van der Waals surface area contributed by atoms with Gasteiger partial charge in [0, 0.05) is 36.4 Å². The van der Waals surface area contributed by atoms with E-state index in [0.717, 1.165) is 66.5 Å². The Kier molecular flexibility index (Phi) is 10.5. The number of carbonyl (C=O) groups is 2. The predicted molar refractivity (Wildman–Crippen MR) is 238 cm³/mol. The van der Waals surface area contributed by atoms with Crippen molar-refractivity contribution < 1.29 is 33.0 Å². The van der Waals surface area contributed by atoms with Crippen molar-refractivity contribution in [2.45, 2.75) is 102 Å². The van der Waals surface area contributed by atoms with Crippen LogP contribution in [0.2, 0.25) is 0 Å². The fourth-order valence-electron chi connectivity index (χ4n) is 11.2. The third kappa shape index (κ3) is 7.11. The molecule has 0 radical (unpaired) electrons. The number of rotatable bonds is 13. The van der Waals surface area contributed by atoms with Crippen LogP contribution in [-0.2, 0) is 20.2 Å². The van der Waals surface area contributed by atoms with Gasteiger partial charge in [-0.15, -0.1) is 0 Å². The first-order valence-electron chi connectivity index (χ1n) is 22.4. The number of piperidine rings is 1. The summed E-state index contributed by atoms with van der Waals surface area (Å²) in [5.41, 5.74) is 5.85. The molecule has 2 aromatic heterocycles. The van der Waals surface area contributed by atoms with Crippen molar-refractivity contribution in [1.82, 2.24) is 40.4 Å². The zero-order valence-electron chi connectivity index (χ0n) is 36.9. The largest absolute Gasteiger partial charge is 0.453 e. The van der Waals surface area contributed by atoms with Gasteiger partial charge in [0.05, 0.1) is 54.9 Å². The number of alkyl halides is 2. The number of benzene rings is 3. The fraction of sp³-hybridized carbons (Fsp3) is 0.469. The number of methoxy groups -OCH3 is 2. The molecule has 10 rings (SSSR count). The van der Waals surface area contributed by atoms with Crippen LogP contribution in [0.25, 0.3) is 44.5 Å². The molecule has 15 heteroatoms. The van der Waals surface area contributed by atoms with Gasteiger partial charge >= 0.3 is 6.09 Å². The number of ether oxygens (including phenoxy) is 2. The van der Waals surface area contributed by atoms with E-state index in [0.29, 0.717) is 46.2 Å². The molecule has 336 valence electrons. The number of hydrogen-bond donors (Lipinski definition) is 5. The third-order valence-electron chi connectivity index (χ3n) is 14.7. The summed E-state index contributed by atoms with van der Waals surface area (Å²) < 4.78 is 43.4. The van der Waals surface area contributed by atoms with Gasteiger partial charge < -0.3 is 34.8 Å². The minimum atomic E-state index is -3.26. The number of aliphatic hydroxyl groups excluding tert-OH is 1. The number of H-pyrrole nitrogens is 2. The molecule has 2 aliphatic heterocycles. The van der Waals surface area contributed by atoms with Crippen molar-refractivity contribution in [3.8, 4) is 33.5 Å². The van der Waals surface area contributed by atoms with Gasteiger partial charge in [-0.2, -0.15) is 8.78 Å². The van der Waals surface area contributed by atoms with E-state index < -0.39 is 24.3 Å². The van der Waals surface area contributed by atoms with E-state index in [1.54, 1.807) is 37.6 Å². The van der Waals surface area contributed by atoms with Crippen LogP contribution < -0.4 is 10.6 Å². The Bertz CT molecular complexity index is 2660. The van der Waals surface area contributed by atoms with Crippen molar-refractivity contribution >= 4 is 23.0 Å². The number of alkyl carbamates (subject to hydrolysis) is 1. The van der Waals surface area contributed by atoms with Gasteiger partial charge in [-0.1, -0.05) is 56.3 Å². The van der Waals surface area contributed by atoms with Crippen LogP contribution in [0, 0.1) is 17.3 Å². The minimum Gasteiger partial charge on any atom is -0.453 e. The lowest BCUT2D eigenvalue weighted by molar-refractivity contribution is -0.135. The van der Waals surface area contributed by atoms with Crippen LogP contribution >= 0.6 is 0 Å². The van der Waals surface area contributed by atoms with Crippen molar-refractivity contribution in [2.24, 2.45) is 17.3 Å². The molecular formula is C49H56F2N8O5. The zero-order valence-corrected chi connectivity index (χ0v) is 36.9. The fourth-order valence-corrected chi connectivity index (χ4v) is 11.2. The Hall–Kier alpha value is -5.48. The molecule has 1 unspecified atom stereocenters. The van der Waals surface area contributed by atoms with E-state index in [1.807, 2.05) is 56.0 Å². The number of imidazole rings is 2. The number of nitrogens with zero attached hydrogens (tertiary/aromatic N) is 4. The quantitative estimate of drug-likeness (QED) is 0.0581. The first-order valence-corrected chi connectivity index (χ1v) is 22.4. The highest BCUT2D eigenvalue weighted by molar-refractivity contribution is 5.88. The van der Waals surface area contributed by atoms with E-state index in [1.165, 1.54) is 7.11 Å². The van der Waals surface area contributed by atoms with Crippen molar-refractivity contribution in [1.29, 1.82) is 0 Å². The second-order valence-electron chi connectivity index (χ2n) is 19.2. The minimum absolute atomic E-state index is 0.0201. The molecule has 2 bridgehead atoms. The molecule has 4 heterocycles. The average molecular weight is 875 g/mol. The van der Waals surface area contributed by atoms with Crippen LogP contribution in [0.15, 0.2) is 72.9 Å². The molecule has 3 aromatic carbocycles. The van der Waals surface area contributed by atoms with Crippen molar-refractivity contribution in [3.63, 3.8) is 0 Å². The molecule has 2 amide bonds. The van der Waals surface area contributed by atoms with Crippen LogP contribution in [0.1, 0.15) is 94.2 Å². The van der Waals surface area contributed by atoms with E-state index >= 15 is 8.78 Å².